The zero-order chi connectivity index (χ0) is 16.3. The van der Waals surface area contributed by atoms with Crippen LogP contribution in [0.15, 0.2) is 0 Å². The quantitative estimate of drug-likeness (QED) is 0.109. The molecular weight excluding hydrogens is 316 g/mol. The molecule has 0 aliphatic carbocycles. The Morgan fingerprint density at radius 1 is 0.739 bits per heavy atom. The van der Waals surface area contributed by atoms with Crippen LogP contribution in [0.4, 0.5) is 0 Å². The van der Waals surface area contributed by atoms with Crippen LogP contribution >= 0.6 is 0 Å². The van der Waals surface area contributed by atoms with Crippen molar-refractivity contribution in [3.63, 3.8) is 0 Å². The first-order valence-electron chi connectivity index (χ1n) is 9.44. The van der Waals surface area contributed by atoms with Gasteiger partial charge < -0.3 is 7.59 Å². The third-order valence-electron chi connectivity index (χ3n) is 4.16. The van der Waals surface area contributed by atoms with E-state index in [1.54, 1.807) is 0 Å². The summed E-state index contributed by atoms with van der Waals surface area (Å²) >= 11 is 0. The van der Waals surface area contributed by atoms with Crippen molar-refractivity contribution in [3.05, 3.63) is 0 Å². The molecule has 0 fully saturated rings. The average molecular weight is 355 g/mol. The Kier molecular flexibility index (Phi) is 25.0. The molecule has 0 radical (unpaired) electrons. The Labute approximate surface area is 176 Å². The van der Waals surface area contributed by atoms with Crippen molar-refractivity contribution in [1.29, 1.82) is 0 Å². The van der Waals surface area contributed by atoms with Gasteiger partial charge in [-0.2, -0.15) is 0 Å². The van der Waals surface area contributed by atoms with Crippen molar-refractivity contribution < 1.29 is 17.2 Å². The number of hydrogen-bond donors (Lipinski definition) is 0. The van der Waals surface area contributed by atoms with Crippen molar-refractivity contribution >= 4 is 50.2 Å². The maximum atomic E-state index is 10.9. The number of unbranched alkanes of at least 4 members (excludes halogenated alkanes) is 14. The molecule has 134 valence electrons. The van der Waals surface area contributed by atoms with Crippen LogP contribution in [-0.4, -0.2) is 50.2 Å². The Bertz CT molecular complexity index is 267. The second kappa shape index (κ2) is 22.4. The van der Waals surface area contributed by atoms with Gasteiger partial charge in [0.2, 0.25) is 0 Å². The van der Waals surface area contributed by atoms with Crippen LogP contribution in [-0.2, 0) is 14.3 Å². The summed E-state index contributed by atoms with van der Waals surface area (Å²) in [6.07, 6.45) is 20.0. The molecule has 0 rings (SSSR count). The molecule has 0 heterocycles. The molecule has 0 aliphatic rings. The van der Waals surface area contributed by atoms with Crippen LogP contribution in [0.2, 0.25) is 0 Å². The Balaban J connectivity index is -0.000000735. The molecule has 0 aromatic carbocycles. The van der Waals surface area contributed by atoms with Gasteiger partial charge in [-0.1, -0.05) is 96.8 Å². The Hall–Kier alpha value is 0.400. The fourth-order valence-electron chi connectivity index (χ4n) is 2.75. The second-order valence-electron chi connectivity index (χ2n) is 6.29. The van der Waals surface area contributed by atoms with E-state index >= 15 is 0 Å². The summed E-state index contributed by atoms with van der Waals surface area (Å²) < 4.78 is 4.24. The molecule has 0 atom stereocenters. The minimum Gasteiger partial charge on any atom is -1.00 e. The molecule has 0 saturated heterocycles. The van der Waals surface area contributed by atoms with E-state index in [0.717, 1.165) is 12.8 Å². The van der Waals surface area contributed by atoms with Gasteiger partial charge in [-0.3, -0.25) is 9.59 Å². The standard InChI is InChI=1S/C19H36O3.Ca.2H/c1-2-3-4-5-6-7-8-9-10-11-12-13-14-15-16-17-19(21)22-18-20;;;/h18H,2-17H2,1H3;;;/q;+2;2*-1. The van der Waals surface area contributed by atoms with Gasteiger partial charge in [0.1, 0.15) is 0 Å². The van der Waals surface area contributed by atoms with Crippen molar-refractivity contribution in [2.75, 3.05) is 0 Å². The van der Waals surface area contributed by atoms with E-state index in [4.69, 9.17) is 0 Å². The van der Waals surface area contributed by atoms with Crippen LogP contribution < -0.4 is 0 Å². The first kappa shape index (κ1) is 25.6. The summed E-state index contributed by atoms with van der Waals surface area (Å²) in [5, 5.41) is 0. The molecule has 0 aromatic rings. The fraction of sp³-hybridized carbons (Fsp3) is 0.895. The third-order valence-corrected chi connectivity index (χ3v) is 4.16. The number of rotatable bonds is 17. The molecule has 0 aromatic heterocycles. The van der Waals surface area contributed by atoms with Gasteiger partial charge in [-0.25, -0.2) is 0 Å². The first-order chi connectivity index (χ1) is 10.8. The maximum Gasteiger partial charge on any atom is 2.00 e. The van der Waals surface area contributed by atoms with E-state index in [9.17, 15) is 9.59 Å². The Morgan fingerprint density at radius 3 is 1.43 bits per heavy atom. The molecule has 0 amide bonds. The summed E-state index contributed by atoms with van der Waals surface area (Å²) in [5.74, 6) is -0.398. The largest absolute Gasteiger partial charge is 2.00 e. The molecule has 3 nitrogen and oxygen atoms in total. The molecular formula is C19H38CaO3. The molecule has 0 N–H and O–H groups in total. The van der Waals surface area contributed by atoms with E-state index in [2.05, 4.69) is 11.7 Å². The van der Waals surface area contributed by atoms with E-state index in [-0.39, 0.29) is 47.1 Å². The molecule has 0 aliphatic heterocycles. The van der Waals surface area contributed by atoms with Gasteiger partial charge >= 0.3 is 50.2 Å². The monoisotopic (exact) mass is 354 g/mol. The van der Waals surface area contributed by atoms with Crippen LogP contribution in [0, 0.1) is 0 Å². The van der Waals surface area contributed by atoms with Gasteiger partial charge in [0.05, 0.1) is 0 Å². The zero-order valence-electron chi connectivity index (χ0n) is 17.3. The van der Waals surface area contributed by atoms with E-state index < -0.39 is 5.97 Å². The number of carbonyl (C=O) groups is 2. The molecule has 0 saturated carbocycles. The molecule has 0 unspecified atom stereocenters. The van der Waals surface area contributed by atoms with Crippen LogP contribution in [0.3, 0.4) is 0 Å². The van der Waals surface area contributed by atoms with Gasteiger partial charge in [0, 0.05) is 6.42 Å². The van der Waals surface area contributed by atoms with Crippen LogP contribution in [0.1, 0.15) is 113 Å². The first-order valence-corrected chi connectivity index (χ1v) is 9.44. The molecule has 23 heavy (non-hydrogen) atoms. The fourth-order valence-corrected chi connectivity index (χ4v) is 2.75. The van der Waals surface area contributed by atoms with Crippen molar-refractivity contribution in [2.24, 2.45) is 0 Å². The van der Waals surface area contributed by atoms with Crippen molar-refractivity contribution in [3.8, 4) is 0 Å². The zero-order valence-corrected chi connectivity index (χ0v) is 17.5. The smallest absolute Gasteiger partial charge is 1.00 e. The summed E-state index contributed by atoms with van der Waals surface area (Å²) in [4.78, 5) is 20.9. The SMILES string of the molecule is CCCCCCCCCCCCCCCCCC(=O)OC=O.[Ca+2].[H-].[H-]. The number of carbonyl (C=O) groups excluding carboxylic acids is 2. The topological polar surface area (TPSA) is 43.4 Å². The number of esters is 1. The van der Waals surface area contributed by atoms with Crippen LogP contribution in [0.25, 0.3) is 0 Å². The molecule has 0 bridgehead atoms. The minimum atomic E-state index is -0.398. The number of hydrogen-bond acceptors (Lipinski definition) is 3. The van der Waals surface area contributed by atoms with Gasteiger partial charge in [-0.15, -0.1) is 0 Å². The summed E-state index contributed by atoms with van der Waals surface area (Å²) in [7, 11) is 0. The van der Waals surface area contributed by atoms with E-state index in [0.29, 0.717) is 6.42 Å². The second-order valence-corrected chi connectivity index (χ2v) is 6.29. The van der Waals surface area contributed by atoms with Gasteiger partial charge in [0.25, 0.3) is 0 Å². The predicted octanol–water partition coefficient (Wildman–Crippen LogP) is 5.79. The molecule has 4 heteroatoms. The van der Waals surface area contributed by atoms with Crippen LogP contribution in [0.5, 0.6) is 0 Å². The maximum absolute atomic E-state index is 10.9. The summed E-state index contributed by atoms with van der Waals surface area (Å²) in [6, 6.07) is 0. The van der Waals surface area contributed by atoms with E-state index in [1.807, 2.05) is 0 Å². The third kappa shape index (κ3) is 22.4. The minimum absolute atomic E-state index is 0. The number of ether oxygens (including phenoxy) is 1. The summed E-state index contributed by atoms with van der Waals surface area (Å²) in [5.41, 5.74) is 0. The van der Waals surface area contributed by atoms with Crippen molar-refractivity contribution in [2.45, 2.75) is 110 Å². The van der Waals surface area contributed by atoms with Gasteiger partial charge in [0.15, 0.2) is 0 Å². The average Bonchev–Trinajstić information content (AvgIpc) is 2.51. The molecule has 0 spiro atoms. The predicted molar refractivity (Wildman–Crippen MR) is 99.7 cm³/mol. The van der Waals surface area contributed by atoms with E-state index in [1.165, 1.54) is 83.5 Å². The Morgan fingerprint density at radius 2 is 1.09 bits per heavy atom. The summed E-state index contributed by atoms with van der Waals surface area (Å²) in [6.45, 7) is 2.48. The normalized spacial score (nSPS) is 10.1. The van der Waals surface area contributed by atoms with Crippen molar-refractivity contribution in [1.82, 2.24) is 0 Å². The van der Waals surface area contributed by atoms with Gasteiger partial charge in [-0.05, 0) is 6.42 Å².